The molecule has 5 nitrogen and oxygen atoms in total. The molecular formula is C22H24N2O3S. The standard InChI is InChI=1S/C22H24N2O3S/c1-27-20-15-9-8-14-19(20)16-28(25,26)24-22(18-12-6-3-7-13-18)21(23)17-10-4-2-5-11-17/h2-15,21-22,24H,16,23H2,1H3. The van der Waals surface area contributed by atoms with Gasteiger partial charge in [0.25, 0.3) is 0 Å². The maximum atomic E-state index is 13.0. The van der Waals surface area contributed by atoms with E-state index in [1.54, 1.807) is 24.3 Å². The van der Waals surface area contributed by atoms with Crippen LogP contribution in [0.5, 0.6) is 5.75 Å². The van der Waals surface area contributed by atoms with Crippen LogP contribution in [0.2, 0.25) is 0 Å². The number of rotatable bonds is 8. The molecule has 2 atom stereocenters. The zero-order valence-corrected chi connectivity index (χ0v) is 16.5. The van der Waals surface area contributed by atoms with Crippen molar-refractivity contribution in [3.05, 3.63) is 102 Å². The van der Waals surface area contributed by atoms with Crippen LogP contribution in [0.4, 0.5) is 0 Å². The largest absolute Gasteiger partial charge is 0.496 e. The minimum atomic E-state index is -3.68. The first-order valence-electron chi connectivity index (χ1n) is 8.97. The third kappa shape index (κ3) is 4.98. The lowest BCUT2D eigenvalue weighted by molar-refractivity contribution is 0.410. The molecule has 3 aromatic carbocycles. The van der Waals surface area contributed by atoms with Crippen LogP contribution >= 0.6 is 0 Å². The molecule has 0 saturated carbocycles. The van der Waals surface area contributed by atoms with Crippen LogP contribution in [0.25, 0.3) is 0 Å². The number of ether oxygens (including phenoxy) is 1. The molecule has 0 bridgehead atoms. The van der Waals surface area contributed by atoms with Crippen molar-refractivity contribution in [1.29, 1.82) is 0 Å². The van der Waals surface area contributed by atoms with Gasteiger partial charge in [-0.2, -0.15) is 0 Å². The highest BCUT2D eigenvalue weighted by Crippen LogP contribution is 2.28. The highest BCUT2D eigenvalue weighted by Gasteiger charge is 2.27. The first kappa shape index (κ1) is 20.1. The SMILES string of the molecule is COc1ccccc1CS(=O)(=O)NC(c1ccccc1)C(N)c1ccccc1. The number of nitrogens with one attached hydrogen (secondary N) is 1. The van der Waals surface area contributed by atoms with Crippen molar-refractivity contribution < 1.29 is 13.2 Å². The van der Waals surface area contributed by atoms with Crippen molar-refractivity contribution in [2.75, 3.05) is 7.11 Å². The van der Waals surface area contributed by atoms with Crippen molar-refractivity contribution >= 4 is 10.0 Å². The summed E-state index contributed by atoms with van der Waals surface area (Å²) in [6.07, 6.45) is 0. The van der Waals surface area contributed by atoms with Crippen molar-refractivity contribution in [1.82, 2.24) is 4.72 Å². The van der Waals surface area contributed by atoms with E-state index in [4.69, 9.17) is 10.5 Å². The molecule has 2 unspecified atom stereocenters. The van der Waals surface area contributed by atoms with Gasteiger partial charge < -0.3 is 10.5 Å². The van der Waals surface area contributed by atoms with Gasteiger partial charge in [-0.25, -0.2) is 13.1 Å². The number of para-hydroxylation sites is 1. The Morgan fingerprint density at radius 1 is 0.857 bits per heavy atom. The third-order valence-electron chi connectivity index (χ3n) is 4.55. The summed E-state index contributed by atoms with van der Waals surface area (Å²) in [6.45, 7) is 0. The summed E-state index contributed by atoms with van der Waals surface area (Å²) in [5, 5.41) is 0. The molecule has 0 heterocycles. The zero-order chi connectivity index (χ0) is 20.0. The third-order valence-corrected chi connectivity index (χ3v) is 5.85. The van der Waals surface area contributed by atoms with Gasteiger partial charge in [-0.1, -0.05) is 78.9 Å². The maximum absolute atomic E-state index is 13.0. The zero-order valence-electron chi connectivity index (χ0n) is 15.7. The molecule has 146 valence electrons. The lowest BCUT2D eigenvalue weighted by Crippen LogP contribution is -2.36. The minimum Gasteiger partial charge on any atom is -0.496 e. The Labute approximate surface area is 166 Å². The summed E-state index contributed by atoms with van der Waals surface area (Å²) in [4.78, 5) is 0. The van der Waals surface area contributed by atoms with E-state index < -0.39 is 22.1 Å². The van der Waals surface area contributed by atoms with Crippen LogP contribution in [0.3, 0.4) is 0 Å². The second-order valence-corrected chi connectivity index (χ2v) is 8.27. The predicted octanol–water partition coefficient (Wildman–Crippen LogP) is 3.56. The van der Waals surface area contributed by atoms with E-state index in [9.17, 15) is 8.42 Å². The van der Waals surface area contributed by atoms with Crippen molar-refractivity contribution in [2.24, 2.45) is 5.73 Å². The molecule has 0 aliphatic rings. The Balaban J connectivity index is 1.90. The highest BCUT2D eigenvalue weighted by molar-refractivity contribution is 7.88. The van der Waals surface area contributed by atoms with E-state index in [1.165, 1.54) is 7.11 Å². The summed E-state index contributed by atoms with van der Waals surface area (Å²) < 4.78 is 34.0. The summed E-state index contributed by atoms with van der Waals surface area (Å²) in [5.74, 6) is 0.346. The van der Waals surface area contributed by atoms with Gasteiger partial charge >= 0.3 is 0 Å². The summed E-state index contributed by atoms with van der Waals surface area (Å²) >= 11 is 0. The molecule has 0 aliphatic carbocycles. The van der Waals surface area contributed by atoms with Gasteiger partial charge in [0.2, 0.25) is 10.0 Å². The lowest BCUT2D eigenvalue weighted by atomic mass is 9.95. The fourth-order valence-corrected chi connectivity index (χ4v) is 4.54. The predicted molar refractivity (Wildman–Crippen MR) is 111 cm³/mol. The van der Waals surface area contributed by atoms with Crippen LogP contribution < -0.4 is 15.2 Å². The van der Waals surface area contributed by atoms with Crippen molar-refractivity contribution in [3.63, 3.8) is 0 Å². The van der Waals surface area contributed by atoms with Gasteiger partial charge in [0, 0.05) is 5.56 Å². The molecule has 28 heavy (non-hydrogen) atoms. The van der Waals surface area contributed by atoms with E-state index in [1.807, 2.05) is 60.7 Å². The van der Waals surface area contributed by atoms with Crippen LogP contribution in [0.15, 0.2) is 84.9 Å². The molecule has 0 aromatic heterocycles. The Hall–Kier alpha value is -2.67. The van der Waals surface area contributed by atoms with Gasteiger partial charge in [-0.05, 0) is 17.2 Å². The number of methoxy groups -OCH3 is 1. The molecule has 3 aromatic rings. The van der Waals surface area contributed by atoms with Crippen LogP contribution in [0, 0.1) is 0 Å². The number of sulfonamides is 1. The second-order valence-electron chi connectivity index (χ2n) is 6.51. The quantitative estimate of drug-likeness (QED) is 0.610. The van der Waals surface area contributed by atoms with Gasteiger partial charge in [0.1, 0.15) is 5.75 Å². The molecule has 0 fully saturated rings. The average molecular weight is 397 g/mol. The second kappa shape index (κ2) is 9.01. The lowest BCUT2D eigenvalue weighted by Gasteiger charge is -2.26. The maximum Gasteiger partial charge on any atom is 0.216 e. The fraction of sp³-hybridized carbons (Fsp3) is 0.182. The fourth-order valence-electron chi connectivity index (χ4n) is 3.14. The van der Waals surface area contributed by atoms with Crippen LogP contribution in [0.1, 0.15) is 28.8 Å². The van der Waals surface area contributed by atoms with E-state index in [-0.39, 0.29) is 5.75 Å². The Morgan fingerprint density at radius 3 is 2.00 bits per heavy atom. The summed E-state index contributed by atoms with van der Waals surface area (Å²) in [7, 11) is -2.15. The number of benzene rings is 3. The first-order chi connectivity index (χ1) is 13.5. The van der Waals surface area contributed by atoms with E-state index >= 15 is 0 Å². The Bertz CT molecular complexity index is 993. The number of nitrogens with two attached hydrogens (primary N) is 1. The normalized spacial score (nSPS) is 13.6. The van der Waals surface area contributed by atoms with E-state index in [0.29, 0.717) is 11.3 Å². The molecule has 0 saturated heterocycles. The van der Waals surface area contributed by atoms with Gasteiger partial charge in [-0.3, -0.25) is 0 Å². The molecule has 0 amide bonds. The first-order valence-corrected chi connectivity index (χ1v) is 10.6. The smallest absolute Gasteiger partial charge is 0.216 e. The molecule has 0 aliphatic heterocycles. The summed E-state index contributed by atoms with van der Waals surface area (Å²) in [6, 6.07) is 24.8. The van der Waals surface area contributed by atoms with Gasteiger partial charge in [-0.15, -0.1) is 0 Å². The number of hydrogen-bond donors (Lipinski definition) is 2. The average Bonchev–Trinajstić information content (AvgIpc) is 2.73. The van der Waals surface area contributed by atoms with Crippen LogP contribution in [-0.4, -0.2) is 15.5 Å². The van der Waals surface area contributed by atoms with E-state index in [0.717, 1.165) is 11.1 Å². The molecule has 3 N–H and O–H groups in total. The Morgan fingerprint density at radius 2 is 1.39 bits per heavy atom. The van der Waals surface area contributed by atoms with Gasteiger partial charge in [0.05, 0.1) is 24.9 Å². The Kier molecular flexibility index (Phi) is 6.46. The molecule has 3 rings (SSSR count). The monoisotopic (exact) mass is 396 g/mol. The van der Waals surface area contributed by atoms with Crippen molar-refractivity contribution in [3.8, 4) is 5.75 Å². The highest BCUT2D eigenvalue weighted by atomic mass is 32.2. The number of hydrogen-bond acceptors (Lipinski definition) is 4. The minimum absolute atomic E-state index is 0.193. The molecule has 0 radical (unpaired) electrons. The molecular weight excluding hydrogens is 372 g/mol. The molecule has 6 heteroatoms. The van der Waals surface area contributed by atoms with E-state index in [2.05, 4.69) is 4.72 Å². The topological polar surface area (TPSA) is 81.4 Å². The summed E-state index contributed by atoms with van der Waals surface area (Å²) in [5.41, 5.74) is 8.74. The van der Waals surface area contributed by atoms with Crippen LogP contribution in [-0.2, 0) is 15.8 Å². The molecule has 0 spiro atoms. The van der Waals surface area contributed by atoms with Crippen molar-refractivity contribution in [2.45, 2.75) is 17.8 Å². The van der Waals surface area contributed by atoms with Gasteiger partial charge in [0.15, 0.2) is 0 Å².